The van der Waals surface area contributed by atoms with Crippen molar-refractivity contribution in [2.24, 2.45) is 0 Å². The van der Waals surface area contributed by atoms with Crippen molar-refractivity contribution in [1.82, 2.24) is 4.90 Å². The van der Waals surface area contributed by atoms with Gasteiger partial charge in [-0.15, -0.1) is 23.1 Å². The summed E-state index contributed by atoms with van der Waals surface area (Å²) >= 11 is 2.81. The molecule has 0 saturated carbocycles. The number of ether oxygens (including phenoxy) is 1. The molecule has 32 heavy (non-hydrogen) atoms. The molecule has 0 aliphatic carbocycles. The Kier molecular flexibility index (Phi) is 7.36. The smallest absolute Gasteiger partial charge is 0.410 e. The summed E-state index contributed by atoms with van der Waals surface area (Å²) < 4.78 is 5.48. The molecule has 2 heterocycles. The first-order valence-corrected chi connectivity index (χ1v) is 12.2. The van der Waals surface area contributed by atoms with Gasteiger partial charge in [0.2, 0.25) is 5.91 Å². The second kappa shape index (κ2) is 9.84. The zero-order valence-corrected chi connectivity index (χ0v) is 20.4. The van der Waals surface area contributed by atoms with E-state index in [0.29, 0.717) is 42.2 Å². The molecule has 1 aliphatic heterocycles. The third-order valence-electron chi connectivity index (χ3n) is 4.86. The highest BCUT2D eigenvalue weighted by Crippen LogP contribution is 2.38. The van der Waals surface area contributed by atoms with Gasteiger partial charge in [0.1, 0.15) is 16.7 Å². The van der Waals surface area contributed by atoms with Gasteiger partial charge in [-0.2, -0.15) is 5.26 Å². The van der Waals surface area contributed by atoms with Crippen LogP contribution in [0.4, 0.5) is 15.5 Å². The van der Waals surface area contributed by atoms with Crippen molar-refractivity contribution in [3.63, 3.8) is 0 Å². The number of thioether (sulfide) groups is 1. The van der Waals surface area contributed by atoms with Crippen molar-refractivity contribution in [2.75, 3.05) is 17.6 Å². The topological polar surface area (TPSA) is 108 Å². The summed E-state index contributed by atoms with van der Waals surface area (Å²) in [4.78, 5) is 28.9. The van der Waals surface area contributed by atoms with Crippen LogP contribution in [-0.2, 0) is 22.5 Å². The molecule has 1 atom stereocenters. The van der Waals surface area contributed by atoms with Crippen molar-refractivity contribution in [3.05, 3.63) is 40.3 Å². The average Bonchev–Trinajstić information content (AvgIpc) is 3.06. The van der Waals surface area contributed by atoms with Crippen LogP contribution in [0.5, 0.6) is 0 Å². The molecule has 9 heteroatoms. The number of thiophene rings is 1. The maximum atomic E-state index is 13.0. The van der Waals surface area contributed by atoms with Crippen LogP contribution in [0.3, 0.4) is 0 Å². The van der Waals surface area contributed by atoms with Crippen molar-refractivity contribution < 1.29 is 14.3 Å². The number of amides is 2. The highest BCUT2D eigenvalue weighted by Gasteiger charge is 2.30. The third kappa shape index (κ3) is 5.75. The predicted molar refractivity (Wildman–Crippen MR) is 129 cm³/mol. The number of nitriles is 1. The maximum absolute atomic E-state index is 13.0. The fraction of sp³-hybridized carbons (Fsp3) is 0.435. The number of hydrogen-bond acceptors (Lipinski definition) is 7. The zero-order valence-electron chi connectivity index (χ0n) is 18.7. The number of anilines is 2. The SMILES string of the molecule is CCC(Sc1cccc(N)c1)C(=O)Nc1sc2c(c1C#N)CCN(C(=O)OC(C)(C)C)C2. The summed E-state index contributed by atoms with van der Waals surface area (Å²) in [7, 11) is 0. The van der Waals surface area contributed by atoms with E-state index in [1.54, 1.807) is 11.0 Å². The average molecular weight is 473 g/mol. The van der Waals surface area contributed by atoms with Gasteiger partial charge in [0, 0.05) is 22.0 Å². The number of hydrogen-bond donors (Lipinski definition) is 2. The van der Waals surface area contributed by atoms with Gasteiger partial charge in [-0.25, -0.2) is 4.79 Å². The molecule has 1 aromatic heterocycles. The number of benzene rings is 1. The van der Waals surface area contributed by atoms with Gasteiger partial charge in [-0.3, -0.25) is 4.79 Å². The Balaban J connectivity index is 1.74. The Morgan fingerprint density at radius 2 is 2.16 bits per heavy atom. The van der Waals surface area contributed by atoms with Crippen LogP contribution >= 0.6 is 23.1 Å². The fourth-order valence-corrected chi connectivity index (χ4v) is 5.60. The van der Waals surface area contributed by atoms with Crippen LogP contribution in [-0.4, -0.2) is 34.3 Å². The van der Waals surface area contributed by atoms with Crippen molar-refractivity contribution in [3.8, 4) is 6.07 Å². The fourth-order valence-electron chi connectivity index (χ4n) is 3.36. The molecule has 0 spiro atoms. The quantitative estimate of drug-likeness (QED) is 0.468. The lowest BCUT2D eigenvalue weighted by molar-refractivity contribution is -0.115. The lowest BCUT2D eigenvalue weighted by Crippen LogP contribution is -2.39. The highest BCUT2D eigenvalue weighted by molar-refractivity contribution is 8.00. The number of fused-ring (bicyclic) bond motifs is 1. The molecule has 0 radical (unpaired) electrons. The van der Waals surface area contributed by atoms with E-state index in [2.05, 4.69) is 11.4 Å². The number of nitrogens with two attached hydrogens (primary N) is 1. The van der Waals surface area contributed by atoms with Gasteiger partial charge in [-0.1, -0.05) is 13.0 Å². The van der Waals surface area contributed by atoms with Gasteiger partial charge >= 0.3 is 6.09 Å². The summed E-state index contributed by atoms with van der Waals surface area (Å²) in [5.41, 5.74) is 7.33. The summed E-state index contributed by atoms with van der Waals surface area (Å²) in [6.07, 6.45) is 0.814. The van der Waals surface area contributed by atoms with E-state index in [-0.39, 0.29) is 17.3 Å². The van der Waals surface area contributed by atoms with Gasteiger partial charge in [0.05, 0.1) is 17.4 Å². The minimum atomic E-state index is -0.569. The lowest BCUT2D eigenvalue weighted by atomic mass is 10.0. The van der Waals surface area contributed by atoms with E-state index >= 15 is 0 Å². The van der Waals surface area contributed by atoms with E-state index in [0.717, 1.165) is 15.3 Å². The second-order valence-corrected chi connectivity index (χ2v) is 10.9. The van der Waals surface area contributed by atoms with E-state index < -0.39 is 5.60 Å². The first-order valence-electron chi connectivity index (χ1n) is 10.5. The van der Waals surface area contributed by atoms with Gasteiger partial charge in [-0.05, 0) is 57.4 Å². The molecule has 0 fully saturated rings. The molecule has 3 rings (SSSR count). The Morgan fingerprint density at radius 3 is 2.78 bits per heavy atom. The largest absolute Gasteiger partial charge is 0.444 e. The zero-order chi connectivity index (χ0) is 23.5. The van der Waals surface area contributed by atoms with Crippen LogP contribution in [0.25, 0.3) is 0 Å². The number of carbonyl (C=O) groups excluding carboxylic acids is 2. The number of nitrogens with zero attached hydrogens (tertiary/aromatic N) is 2. The standard InChI is InChI=1S/C23H28N4O3S2/c1-5-18(31-15-8-6-7-14(25)11-15)20(28)26-21-17(12-24)16-9-10-27(13-19(16)32-21)22(29)30-23(2,3)4/h6-8,11,18H,5,9-10,13,25H2,1-4H3,(H,26,28). The molecule has 7 nitrogen and oxygen atoms in total. The summed E-state index contributed by atoms with van der Waals surface area (Å²) in [6.45, 7) is 8.29. The Hall–Kier alpha value is -2.70. The van der Waals surface area contributed by atoms with Crippen LogP contribution in [0.2, 0.25) is 0 Å². The highest BCUT2D eigenvalue weighted by atomic mass is 32.2. The molecule has 2 aromatic rings. The normalized spacial score (nSPS) is 14.3. The number of nitrogens with one attached hydrogen (secondary N) is 1. The van der Waals surface area contributed by atoms with Crippen molar-refractivity contribution in [2.45, 2.75) is 62.8 Å². The van der Waals surface area contributed by atoms with Crippen LogP contribution < -0.4 is 11.1 Å². The van der Waals surface area contributed by atoms with E-state index in [4.69, 9.17) is 10.5 Å². The molecular weight excluding hydrogens is 444 g/mol. The Bertz CT molecular complexity index is 1050. The number of nitrogen functional groups attached to an aromatic ring is 1. The summed E-state index contributed by atoms with van der Waals surface area (Å²) in [5, 5.41) is 12.9. The second-order valence-electron chi connectivity index (χ2n) is 8.55. The van der Waals surface area contributed by atoms with Crippen molar-refractivity contribution >= 4 is 45.8 Å². The monoisotopic (exact) mass is 472 g/mol. The van der Waals surface area contributed by atoms with E-state index in [1.807, 2.05) is 45.9 Å². The Morgan fingerprint density at radius 1 is 1.41 bits per heavy atom. The molecular formula is C23H28N4O3S2. The van der Waals surface area contributed by atoms with Gasteiger partial charge < -0.3 is 20.7 Å². The molecule has 1 aromatic carbocycles. The van der Waals surface area contributed by atoms with E-state index in [9.17, 15) is 14.9 Å². The molecule has 2 amide bonds. The molecule has 0 saturated heterocycles. The number of carbonyl (C=O) groups is 2. The third-order valence-corrected chi connectivity index (χ3v) is 7.35. The van der Waals surface area contributed by atoms with Gasteiger partial charge in [0.25, 0.3) is 0 Å². The first kappa shape index (κ1) is 24.0. The predicted octanol–water partition coefficient (Wildman–Crippen LogP) is 5.00. The molecule has 1 unspecified atom stereocenters. The van der Waals surface area contributed by atoms with Crippen molar-refractivity contribution in [1.29, 1.82) is 5.26 Å². The van der Waals surface area contributed by atoms with Gasteiger partial charge in [0.15, 0.2) is 0 Å². The molecule has 1 aliphatic rings. The molecule has 0 bridgehead atoms. The number of rotatable bonds is 5. The van der Waals surface area contributed by atoms with Crippen LogP contribution in [0, 0.1) is 11.3 Å². The minimum Gasteiger partial charge on any atom is -0.444 e. The molecule has 3 N–H and O–H groups in total. The lowest BCUT2D eigenvalue weighted by Gasteiger charge is -2.29. The summed E-state index contributed by atoms with van der Waals surface area (Å²) in [6, 6.07) is 9.68. The molecule has 170 valence electrons. The van der Waals surface area contributed by atoms with E-state index in [1.165, 1.54) is 23.1 Å². The van der Waals surface area contributed by atoms with Crippen LogP contribution in [0.1, 0.15) is 50.1 Å². The summed E-state index contributed by atoms with van der Waals surface area (Å²) in [5.74, 6) is -0.154. The first-order chi connectivity index (χ1) is 15.1. The maximum Gasteiger partial charge on any atom is 0.410 e. The minimum absolute atomic E-state index is 0.154. The Labute approximate surface area is 196 Å². The van der Waals surface area contributed by atoms with Crippen LogP contribution in [0.15, 0.2) is 29.2 Å².